The molecule has 0 bridgehead atoms. The number of rotatable bonds is 1. The van der Waals surface area contributed by atoms with Gasteiger partial charge in [0.15, 0.2) is 0 Å². The van der Waals surface area contributed by atoms with Crippen LogP contribution in [0.2, 0.25) is 0 Å². The van der Waals surface area contributed by atoms with Crippen molar-refractivity contribution in [3.63, 3.8) is 0 Å². The van der Waals surface area contributed by atoms with Crippen molar-refractivity contribution >= 4 is 38.4 Å². The summed E-state index contributed by atoms with van der Waals surface area (Å²) in [5.41, 5.74) is 1.55. The van der Waals surface area contributed by atoms with Gasteiger partial charge in [-0.15, -0.1) is 11.3 Å². The van der Waals surface area contributed by atoms with Gasteiger partial charge >= 0.3 is 5.97 Å². The molecule has 0 radical (unpaired) electrons. The lowest BCUT2D eigenvalue weighted by atomic mass is 10.1. The van der Waals surface area contributed by atoms with Crippen LogP contribution in [0, 0.1) is 0 Å². The topological polar surface area (TPSA) is 42.1 Å². The van der Waals surface area contributed by atoms with Crippen molar-refractivity contribution in [1.29, 1.82) is 0 Å². The molecule has 0 aliphatic heterocycles. The number of aromatic amines is 1. The fourth-order valence-electron chi connectivity index (χ4n) is 1.87. The summed E-state index contributed by atoms with van der Waals surface area (Å²) >= 11 is 1.66. The molecule has 0 spiro atoms. The van der Waals surface area contributed by atoms with E-state index in [1.165, 1.54) is 12.5 Å². The van der Waals surface area contributed by atoms with Gasteiger partial charge in [-0.1, -0.05) is 6.07 Å². The molecule has 3 aromatic rings. The van der Waals surface area contributed by atoms with Crippen molar-refractivity contribution in [3.05, 3.63) is 35.2 Å². The third-order valence-electron chi connectivity index (χ3n) is 2.64. The molecule has 0 aliphatic carbocycles. The minimum Gasteiger partial charge on any atom is -0.465 e. The van der Waals surface area contributed by atoms with E-state index in [9.17, 15) is 4.79 Å². The first kappa shape index (κ1) is 9.42. The summed E-state index contributed by atoms with van der Waals surface area (Å²) in [6.07, 6.45) is 0. The molecule has 80 valence electrons. The number of thiophene rings is 1. The van der Waals surface area contributed by atoms with Gasteiger partial charge in [0.1, 0.15) is 4.83 Å². The fraction of sp³-hybridized carbons (Fsp3) is 0.0833. The molecular weight excluding hydrogens is 222 g/mol. The minimum absolute atomic E-state index is 0.306. The molecule has 0 amide bonds. The van der Waals surface area contributed by atoms with Crippen LogP contribution < -0.4 is 0 Å². The Hall–Kier alpha value is -1.81. The number of nitrogens with one attached hydrogen (secondary N) is 1. The molecule has 1 aromatic carbocycles. The van der Waals surface area contributed by atoms with E-state index in [-0.39, 0.29) is 5.97 Å². The highest BCUT2D eigenvalue weighted by Crippen LogP contribution is 2.29. The Labute approximate surface area is 95.6 Å². The van der Waals surface area contributed by atoms with Crippen molar-refractivity contribution in [1.82, 2.24) is 4.98 Å². The van der Waals surface area contributed by atoms with Gasteiger partial charge in [0.25, 0.3) is 0 Å². The van der Waals surface area contributed by atoms with Crippen molar-refractivity contribution in [3.8, 4) is 0 Å². The van der Waals surface area contributed by atoms with Gasteiger partial charge < -0.3 is 9.72 Å². The van der Waals surface area contributed by atoms with Crippen molar-refractivity contribution in [2.24, 2.45) is 0 Å². The highest BCUT2D eigenvalue weighted by atomic mass is 32.1. The minimum atomic E-state index is -0.306. The van der Waals surface area contributed by atoms with Gasteiger partial charge in [-0.25, -0.2) is 4.79 Å². The smallest absolute Gasteiger partial charge is 0.337 e. The first-order valence-corrected chi connectivity index (χ1v) is 5.75. The van der Waals surface area contributed by atoms with Gasteiger partial charge in [0.05, 0.1) is 12.7 Å². The molecule has 0 aliphatic rings. The maximum Gasteiger partial charge on any atom is 0.337 e. The summed E-state index contributed by atoms with van der Waals surface area (Å²) in [6.45, 7) is 0. The molecule has 3 nitrogen and oxygen atoms in total. The van der Waals surface area contributed by atoms with Crippen LogP contribution >= 0.6 is 11.3 Å². The van der Waals surface area contributed by atoms with E-state index in [1.54, 1.807) is 17.4 Å². The van der Waals surface area contributed by atoms with Gasteiger partial charge in [-0.3, -0.25) is 0 Å². The molecule has 0 fully saturated rings. The van der Waals surface area contributed by atoms with Crippen LogP contribution in [-0.2, 0) is 4.74 Å². The average molecular weight is 231 g/mol. The van der Waals surface area contributed by atoms with Crippen LogP contribution in [0.5, 0.6) is 0 Å². The van der Waals surface area contributed by atoms with Gasteiger partial charge in [-0.2, -0.15) is 0 Å². The molecule has 4 heteroatoms. The molecule has 16 heavy (non-hydrogen) atoms. The Kier molecular flexibility index (Phi) is 1.97. The molecule has 2 aromatic heterocycles. The first-order valence-electron chi connectivity index (χ1n) is 4.87. The average Bonchev–Trinajstić information content (AvgIpc) is 2.86. The lowest BCUT2D eigenvalue weighted by Gasteiger charge is -1.98. The number of methoxy groups -OCH3 is 1. The van der Waals surface area contributed by atoms with E-state index in [0.29, 0.717) is 5.56 Å². The van der Waals surface area contributed by atoms with Gasteiger partial charge in [0.2, 0.25) is 0 Å². The zero-order valence-electron chi connectivity index (χ0n) is 8.61. The second kappa shape index (κ2) is 3.35. The van der Waals surface area contributed by atoms with Crippen molar-refractivity contribution < 1.29 is 9.53 Å². The zero-order valence-corrected chi connectivity index (χ0v) is 9.43. The van der Waals surface area contributed by atoms with E-state index < -0.39 is 0 Å². The first-order chi connectivity index (χ1) is 7.79. The summed E-state index contributed by atoms with van der Waals surface area (Å²) in [4.78, 5) is 15.8. The third kappa shape index (κ3) is 1.23. The SMILES string of the molecule is COC(=O)c1ccc2c(c1)[nH]c1sccc12. The predicted molar refractivity (Wildman–Crippen MR) is 65.0 cm³/mol. The number of carbonyl (C=O) groups is 1. The van der Waals surface area contributed by atoms with E-state index in [2.05, 4.69) is 16.4 Å². The summed E-state index contributed by atoms with van der Waals surface area (Å²) < 4.78 is 4.69. The van der Waals surface area contributed by atoms with Crippen molar-refractivity contribution in [2.75, 3.05) is 7.11 Å². The molecule has 0 saturated heterocycles. The number of esters is 1. The quantitative estimate of drug-likeness (QED) is 0.653. The van der Waals surface area contributed by atoms with E-state index in [4.69, 9.17) is 4.74 Å². The van der Waals surface area contributed by atoms with Crippen LogP contribution in [0.15, 0.2) is 29.6 Å². The lowest BCUT2D eigenvalue weighted by molar-refractivity contribution is 0.0601. The summed E-state index contributed by atoms with van der Waals surface area (Å²) in [5, 5.41) is 4.40. The third-order valence-corrected chi connectivity index (χ3v) is 3.47. The Morgan fingerprint density at radius 1 is 1.31 bits per heavy atom. The summed E-state index contributed by atoms with van der Waals surface area (Å²) in [7, 11) is 1.39. The number of aromatic nitrogens is 1. The highest BCUT2D eigenvalue weighted by molar-refractivity contribution is 7.17. The Morgan fingerprint density at radius 2 is 2.19 bits per heavy atom. The number of hydrogen-bond acceptors (Lipinski definition) is 3. The number of benzene rings is 1. The van der Waals surface area contributed by atoms with Crippen LogP contribution in [0.25, 0.3) is 21.1 Å². The number of carbonyl (C=O) groups excluding carboxylic acids is 1. The number of ether oxygens (including phenoxy) is 1. The van der Waals surface area contributed by atoms with E-state index in [0.717, 1.165) is 15.7 Å². The Bertz CT molecular complexity index is 681. The predicted octanol–water partition coefficient (Wildman–Crippen LogP) is 3.17. The summed E-state index contributed by atoms with van der Waals surface area (Å²) in [5.74, 6) is -0.306. The monoisotopic (exact) mass is 231 g/mol. The number of fused-ring (bicyclic) bond motifs is 3. The lowest BCUT2D eigenvalue weighted by Crippen LogP contribution is -2.00. The molecule has 0 unspecified atom stereocenters. The zero-order chi connectivity index (χ0) is 11.1. The standard InChI is InChI=1S/C12H9NO2S/c1-15-12(14)7-2-3-8-9-4-5-16-11(9)13-10(8)6-7/h2-6,13H,1H3. The van der Waals surface area contributed by atoms with Gasteiger partial charge in [-0.05, 0) is 23.6 Å². The fourth-order valence-corrected chi connectivity index (χ4v) is 2.68. The maximum atomic E-state index is 11.4. The van der Waals surface area contributed by atoms with Crippen LogP contribution in [-0.4, -0.2) is 18.1 Å². The number of hydrogen-bond donors (Lipinski definition) is 1. The van der Waals surface area contributed by atoms with Crippen LogP contribution in [0.1, 0.15) is 10.4 Å². The normalized spacial score (nSPS) is 11.1. The number of H-pyrrole nitrogens is 1. The van der Waals surface area contributed by atoms with E-state index >= 15 is 0 Å². The Balaban J connectivity index is 2.28. The largest absolute Gasteiger partial charge is 0.465 e. The molecule has 3 rings (SSSR count). The van der Waals surface area contributed by atoms with E-state index in [1.807, 2.05) is 12.1 Å². The second-order valence-electron chi connectivity index (χ2n) is 3.54. The molecular formula is C12H9NO2S. The van der Waals surface area contributed by atoms with Crippen LogP contribution in [0.4, 0.5) is 0 Å². The molecule has 0 atom stereocenters. The maximum absolute atomic E-state index is 11.4. The van der Waals surface area contributed by atoms with Crippen molar-refractivity contribution in [2.45, 2.75) is 0 Å². The molecule has 2 heterocycles. The Morgan fingerprint density at radius 3 is 3.00 bits per heavy atom. The summed E-state index contributed by atoms with van der Waals surface area (Å²) in [6, 6.07) is 7.65. The van der Waals surface area contributed by atoms with Gasteiger partial charge in [0, 0.05) is 16.3 Å². The molecule has 1 N–H and O–H groups in total. The molecule has 0 saturated carbocycles. The highest BCUT2D eigenvalue weighted by Gasteiger charge is 2.09. The van der Waals surface area contributed by atoms with Crippen LogP contribution in [0.3, 0.4) is 0 Å². The second-order valence-corrected chi connectivity index (χ2v) is 4.46.